The number of nitrogens with one attached hydrogen (secondary N) is 3. The summed E-state index contributed by atoms with van der Waals surface area (Å²) in [6, 6.07) is 15.4. The number of aromatic amines is 1. The Morgan fingerprint density at radius 2 is 1.92 bits per heavy atom. The molecule has 138 valence electrons. The van der Waals surface area contributed by atoms with Gasteiger partial charge in [0.15, 0.2) is 5.96 Å². The monoisotopic (exact) mass is 466 g/mol. The molecule has 0 atom stereocenters. The van der Waals surface area contributed by atoms with Crippen LogP contribution in [0.2, 0.25) is 0 Å². The number of aliphatic imine (C=N–C) groups is 1. The summed E-state index contributed by atoms with van der Waals surface area (Å²) in [6.07, 6.45) is 0. The fraction of sp³-hybridized carbons (Fsp3) is 0.250. The second-order valence-electron chi connectivity index (χ2n) is 6.01. The molecule has 0 aliphatic carbocycles. The van der Waals surface area contributed by atoms with Gasteiger partial charge in [-0.1, -0.05) is 30.3 Å². The van der Waals surface area contributed by atoms with E-state index in [-0.39, 0.29) is 29.8 Å². The zero-order valence-corrected chi connectivity index (χ0v) is 17.3. The third kappa shape index (κ3) is 5.20. The third-order valence-corrected chi connectivity index (χ3v) is 4.02. The summed E-state index contributed by atoms with van der Waals surface area (Å²) in [6.45, 7) is 5.73. The number of H-pyrrole nitrogens is 1. The number of aromatic nitrogens is 1. The van der Waals surface area contributed by atoms with Gasteiger partial charge in [0.2, 0.25) is 0 Å². The van der Waals surface area contributed by atoms with Crippen molar-refractivity contribution in [3.05, 3.63) is 71.2 Å². The normalized spacial score (nSPS) is 11.3. The van der Waals surface area contributed by atoms with Crippen LogP contribution in [-0.4, -0.2) is 17.5 Å². The highest BCUT2D eigenvalue weighted by Gasteiger charge is 2.03. The molecule has 0 bridgehead atoms. The molecule has 0 saturated carbocycles. The maximum absolute atomic E-state index is 13.4. The maximum Gasteiger partial charge on any atom is 0.191 e. The van der Waals surface area contributed by atoms with E-state index in [4.69, 9.17) is 0 Å². The fourth-order valence-corrected chi connectivity index (χ4v) is 2.72. The van der Waals surface area contributed by atoms with Crippen LogP contribution in [0.25, 0.3) is 10.9 Å². The lowest BCUT2D eigenvalue weighted by Crippen LogP contribution is -2.36. The lowest BCUT2D eigenvalue weighted by Gasteiger charge is -2.10. The van der Waals surface area contributed by atoms with Crippen molar-refractivity contribution in [3.63, 3.8) is 0 Å². The Kier molecular flexibility index (Phi) is 7.44. The molecule has 1 heterocycles. The van der Waals surface area contributed by atoms with Crippen molar-refractivity contribution in [1.29, 1.82) is 0 Å². The molecule has 2 aromatic carbocycles. The predicted octanol–water partition coefficient (Wildman–Crippen LogP) is 4.49. The number of para-hydroxylation sites is 1. The van der Waals surface area contributed by atoms with Gasteiger partial charge in [-0.3, -0.25) is 0 Å². The fourth-order valence-electron chi connectivity index (χ4n) is 2.72. The molecule has 0 amide bonds. The Morgan fingerprint density at radius 1 is 1.12 bits per heavy atom. The van der Waals surface area contributed by atoms with Gasteiger partial charge in [-0.2, -0.15) is 0 Å². The lowest BCUT2D eigenvalue weighted by molar-refractivity contribution is 0.617. The van der Waals surface area contributed by atoms with Crippen LogP contribution in [0.1, 0.15) is 23.7 Å². The number of halogens is 2. The van der Waals surface area contributed by atoms with E-state index in [1.165, 1.54) is 11.5 Å². The molecule has 3 rings (SSSR count). The zero-order chi connectivity index (χ0) is 17.6. The average molecular weight is 466 g/mol. The molecule has 0 saturated heterocycles. The molecule has 3 aromatic rings. The number of hydrogen-bond acceptors (Lipinski definition) is 1. The molecule has 4 nitrogen and oxygen atoms in total. The van der Waals surface area contributed by atoms with E-state index >= 15 is 0 Å². The van der Waals surface area contributed by atoms with E-state index in [1.54, 1.807) is 13.0 Å². The van der Waals surface area contributed by atoms with Crippen LogP contribution in [0.3, 0.4) is 0 Å². The first-order chi connectivity index (χ1) is 12.2. The molecule has 26 heavy (non-hydrogen) atoms. The molecular formula is C20H24FIN4. The SMILES string of the molecule is CCNC(=NCc1ccc(F)c(C)c1)NCc1cc2ccccc2[nH]1.I. The Balaban J connectivity index is 0.00000243. The van der Waals surface area contributed by atoms with Gasteiger partial charge in [0.25, 0.3) is 0 Å². The second kappa shape index (κ2) is 9.56. The van der Waals surface area contributed by atoms with Crippen LogP contribution < -0.4 is 10.6 Å². The molecule has 3 N–H and O–H groups in total. The molecule has 1 aromatic heterocycles. The van der Waals surface area contributed by atoms with E-state index in [0.717, 1.165) is 29.3 Å². The van der Waals surface area contributed by atoms with Crippen LogP contribution in [0.15, 0.2) is 53.5 Å². The smallest absolute Gasteiger partial charge is 0.191 e. The van der Waals surface area contributed by atoms with Crippen molar-refractivity contribution in [1.82, 2.24) is 15.6 Å². The number of guanidine groups is 1. The van der Waals surface area contributed by atoms with E-state index in [9.17, 15) is 4.39 Å². The van der Waals surface area contributed by atoms with Crippen LogP contribution in [-0.2, 0) is 13.1 Å². The molecule has 0 aliphatic rings. The van der Waals surface area contributed by atoms with Gasteiger partial charge in [0, 0.05) is 17.8 Å². The molecular weight excluding hydrogens is 442 g/mol. The van der Waals surface area contributed by atoms with Gasteiger partial charge >= 0.3 is 0 Å². The Morgan fingerprint density at radius 3 is 2.65 bits per heavy atom. The number of benzene rings is 2. The van der Waals surface area contributed by atoms with Gasteiger partial charge in [-0.05, 0) is 48.6 Å². The van der Waals surface area contributed by atoms with Gasteiger partial charge in [0.05, 0.1) is 13.1 Å². The molecule has 0 spiro atoms. The van der Waals surface area contributed by atoms with E-state index < -0.39 is 0 Å². The summed E-state index contributed by atoms with van der Waals surface area (Å²) < 4.78 is 13.4. The number of nitrogens with zero attached hydrogens (tertiary/aromatic N) is 1. The lowest BCUT2D eigenvalue weighted by atomic mass is 10.1. The highest BCUT2D eigenvalue weighted by Crippen LogP contribution is 2.14. The maximum atomic E-state index is 13.4. The standard InChI is InChI=1S/C20H23FN4.HI/c1-3-22-20(23-12-15-8-9-18(21)14(2)10-15)24-13-17-11-16-6-4-5-7-19(16)25-17;/h4-11,25H,3,12-13H2,1-2H3,(H2,22,23,24);1H. The summed E-state index contributed by atoms with van der Waals surface area (Å²) in [5.74, 6) is 0.555. The molecule has 0 fully saturated rings. The predicted molar refractivity (Wildman–Crippen MR) is 117 cm³/mol. The number of hydrogen-bond donors (Lipinski definition) is 3. The van der Waals surface area contributed by atoms with E-state index in [1.807, 2.05) is 25.1 Å². The van der Waals surface area contributed by atoms with Crippen molar-refractivity contribution in [2.75, 3.05) is 6.54 Å². The molecule has 0 radical (unpaired) electrons. The second-order valence-corrected chi connectivity index (χ2v) is 6.01. The minimum atomic E-state index is -0.184. The van der Waals surface area contributed by atoms with Crippen LogP contribution in [0.4, 0.5) is 4.39 Å². The van der Waals surface area contributed by atoms with Gasteiger partial charge in [-0.25, -0.2) is 9.38 Å². The van der Waals surface area contributed by atoms with Gasteiger partial charge in [-0.15, -0.1) is 24.0 Å². The topological polar surface area (TPSA) is 52.2 Å². The zero-order valence-electron chi connectivity index (χ0n) is 15.0. The summed E-state index contributed by atoms with van der Waals surface area (Å²) in [7, 11) is 0. The van der Waals surface area contributed by atoms with E-state index in [0.29, 0.717) is 18.7 Å². The summed E-state index contributed by atoms with van der Waals surface area (Å²) >= 11 is 0. The number of rotatable bonds is 5. The van der Waals surface area contributed by atoms with Crippen LogP contribution in [0.5, 0.6) is 0 Å². The first kappa shape index (κ1) is 20.2. The molecule has 0 aliphatic heterocycles. The third-order valence-electron chi connectivity index (χ3n) is 4.02. The Hall–Kier alpha value is -2.09. The van der Waals surface area contributed by atoms with Crippen LogP contribution >= 0.6 is 24.0 Å². The van der Waals surface area contributed by atoms with Crippen molar-refractivity contribution in [3.8, 4) is 0 Å². The summed E-state index contributed by atoms with van der Waals surface area (Å²) in [5, 5.41) is 7.76. The van der Waals surface area contributed by atoms with Crippen molar-refractivity contribution in [2.24, 2.45) is 4.99 Å². The average Bonchev–Trinajstić information content (AvgIpc) is 3.03. The molecule has 6 heteroatoms. The Labute approximate surface area is 170 Å². The Bertz CT molecular complexity index is 855. The molecule has 0 unspecified atom stereocenters. The van der Waals surface area contributed by atoms with Gasteiger partial charge in [0.1, 0.15) is 5.82 Å². The minimum Gasteiger partial charge on any atom is -0.357 e. The summed E-state index contributed by atoms with van der Waals surface area (Å²) in [5.41, 5.74) is 3.86. The van der Waals surface area contributed by atoms with Crippen molar-refractivity contribution < 1.29 is 4.39 Å². The highest BCUT2D eigenvalue weighted by molar-refractivity contribution is 14.0. The van der Waals surface area contributed by atoms with Crippen molar-refractivity contribution >= 4 is 40.8 Å². The number of aryl methyl sites for hydroxylation is 1. The van der Waals surface area contributed by atoms with Crippen LogP contribution in [0, 0.1) is 12.7 Å². The quantitative estimate of drug-likeness (QED) is 0.295. The van der Waals surface area contributed by atoms with E-state index in [2.05, 4.69) is 38.8 Å². The van der Waals surface area contributed by atoms with Gasteiger partial charge < -0.3 is 15.6 Å². The highest BCUT2D eigenvalue weighted by atomic mass is 127. The first-order valence-corrected chi connectivity index (χ1v) is 8.49. The van der Waals surface area contributed by atoms with Crippen molar-refractivity contribution in [2.45, 2.75) is 26.9 Å². The minimum absolute atomic E-state index is 0. The number of fused-ring (bicyclic) bond motifs is 1. The summed E-state index contributed by atoms with van der Waals surface area (Å²) in [4.78, 5) is 7.98. The first-order valence-electron chi connectivity index (χ1n) is 8.49. The largest absolute Gasteiger partial charge is 0.357 e.